The Morgan fingerprint density at radius 3 is 2.72 bits per heavy atom. The highest BCUT2D eigenvalue weighted by Crippen LogP contribution is 2.26. The summed E-state index contributed by atoms with van der Waals surface area (Å²) in [5, 5.41) is 10.3. The third-order valence-electron chi connectivity index (χ3n) is 3.02. The molecule has 0 unspecified atom stereocenters. The zero-order valence-corrected chi connectivity index (χ0v) is 9.55. The summed E-state index contributed by atoms with van der Waals surface area (Å²) < 4.78 is 0. The van der Waals surface area contributed by atoms with E-state index < -0.39 is 5.97 Å². The monoisotopic (exact) mass is 237 g/mol. The van der Waals surface area contributed by atoms with Crippen LogP contribution < -0.4 is 0 Å². The van der Waals surface area contributed by atoms with Crippen LogP contribution in [0.25, 0.3) is 22.0 Å². The van der Waals surface area contributed by atoms with Gasteiger partial charge >= 0.3 is 5.97 Å². The van der Waals surface area contributed by atoms with E-state index in [1.54, 1.807) is 12.1 Å². The molecule has 0 aliphatic rings. The molecule has 3 aromatic rings. The van der Waals surface area contributed by atoms with Crippen molar-refractivity contribution in [2.24, 2.45) is 0 Å². The van der Waals surface area contributed by atoms with Gasteiger partial charge in [-0.3, -0.25) is 0 Å². The third-order valence-corrected chi connectivity index (χ3v) is 3.02. The summed E-state index contributed by atoms with van der Waals surface area (Å²) in [6.07, 6.45) is 1.87. The molecule has 0 amide bonds. The first-order valence-corrected chi connectivity index (χ1v) is 5.65. The maximum atomic E-state index is 11.2. The van der Waals surface area contributed by atoms with Crippen molar-refractivity contribution in [2.75, 3.05) is 0 Å². The first-order chi connectivity index (χ1) is 8.75. The van der Waals surface area contributed by atoms with E-state index in [9.17, 15) is 9.90 Å². The molecule has 0 fully saturated rings. The van der Waals surface area contributed by atoms with Crippen molar-refractivity contribution in [1.82, 2.24) is 4.98 Å². The van der Waals surface area contributed by atoms with E-state index >= 15 is 0 Å². The third kappa shape index (κ3) is 1.66. The second-order valence-corrected chi connectivity index (χ2v) is 4.13. The number of benzene rings is 2. The summed E-state index contributed by atoms with van der Waals surface area (Å²) in [7, 11) is 0. The highest BCUT2D eigenvalue weighted by Gasteiger charge is 2.10. The van der Waals surface area contributed by atoms with Crippen molar-refractivity contribution in [3.8, 4) is 11.1 Å². The minimum absolute atomic E-state index is 0.326. The zero-order chi connectivity index (χ0) is 12.5. The predicted molar refractivity (Wildman–Crippen MR) is 70.7 cm³/mol. The summed E-state index contributed by atoms with van der Waals surface area (Å²) in [4.78, 5) is 14.3. The van der Waals surface area contributed by atoms with Gasteiger partial charge in [0.15, 0.2) is 0 Å². The van der Waals surface area contributed by atoms with Crippen LogP contribution >= 0.6 is 0 Å². The largest absolute Gasteiger partial charge is 0.478 e. The van der Waals surface area contributed by atoms with Crippen LogP contribution in [0.1, 0.15) is 10.4 Å². The lowest BCUT2D eigenvalue weighted by Gasteiger charge is -2.06. The molecule has 0 spiro atoms. The normalized spacial score (nSPS) is 10.7. The Balaban J connectivity index is 2.22. The van der Waals surface area contributed by atoms with Crippen molar-refractivity contribution < 1.29 is 9.90 Å². The Hall–Kier alpha value is -2.55. The smallest absolute Gasteiger partial charge is 0.336 e. The lowest BCUT2D eigenvalue weighted by molar-refractivity contribution is 0.0697. The fourth-order valence-electron chi connectivity index (χ4n) is 2.14. The van der Waals surface area contributed by atoms with Gasteiger partial charge in [-0.2, -0.15) is 0 Å². The molecule has 0 saturated carbocycles. The molecule has 2 N–H and O–H groups in total. The van der Waals surface area contributed by atoms with Crippen molar-refractivity contribution in [1.29, 1.82) is 0 Å². The van der Waals surface area contributed by atoms with Gasteiger partial charge < -0.3 is 10.1 Å². The minimum atomic E-state index is -0.903. The average Bonchev–Trinajstić information content (AvgIpc) is 2.85. The van der Waals surface area contributed by atoms with E-state index in [2.05, 4.69) is 4.98 Å². The van der Waals surface area contributed by atoms with E-state index in [0.717, 1.165) is 22.0 Å². The van der Waals surface area contributed by atoms with Gasteiger partial charge in [0.1, 0.15) is 0 Å². The number of aromatic carboxylic acids is 1. The molecule has 3 heteroatoms. The van der Waals surface area contributed by atoms with Gasteiger partial charge in [0.25, 0.3) is 0 Å². The highest BCUT2D eigenvalue weighted by atomic mass is 16.4. The molecule has 0 radical (unpaired) electrons. The number of rotatable bonds is 2. The van der Waals surface area contributed by atoms with Crippen LogP contribution in [0, 0.1) is 0 Å². The van der Waals surface area contributed by atoms with Gasteiger partial charge in [0.05, 0.1) is 5.56 Å². The SMILES string of the molecule is O=C(O)c1ccccc1-c1ccc2[nH]ccc2c1. The maximum Gasteiger partial charge on any atom is 0.336 e. The van der Waals surface area contributed by atoms with Crippen LogP contribution in [0.3, 0.4) is 0 Å². The van der Waals surface area contributed by atoms with E-state index in [-0.39, 0.29) is 0 Å². The Morgan fingerprint density at radius 2 is 1.89 bits per heavy atom. The lowest BCUT2D eigenvalue weighted by atomic mass is 9.99. The van der Waals surface area contributed by atoms with Gasteiger partial charge in [0.2, 0.25) is 0 Å². The molecule has 18 heavy (non-hydrogen) atoms. The van der Waals surface area contributed by atoms with Crippen LogP contribution in [0.5, 0.6) is 0 Å². The summed E-state index contributed by atoms with van der Waals surface area (Å²) in [6.45, 7) is 0. The minimum Gasteiger partial charge on any atom is -0.478 e. The van der Waals surface area contributed by atoms with Gasteiger partial charge in [-0.15, -0.1) is 0 Å². The van der Waals surface area contributed by atoms with Crippen LogP contribution in [-0.2, 0) is 0 Å². The van der Waals surface area contributed by atoms with Crippen molar-refractivity contribution in [2.45, 2.75) is 0 Å². The second-order valence-electron chi connectivity index (χ2n) is 4.13. The van der Waals surface area contributed by atoms with Crippen LogP contribution in [-0.4, -0.2) is 16.1 Å². The Kier molecular flexibility index (Phi) is 2.38. The number of aromatic amines is 1. The molecule has 0 aliphatic heterocycles. The summed E-state index contributed by atoms with van der Waals surface area (Å²) in [5.74, 6) is -0.903. The number of nitrogens with one attached hydrogen (secondary N) is 1. The number of carboxylic acids is 1. The van der Waals surface area contributed by atoms with E-state index in [1.165, 1.54) is 0 Å². The molecule has 0 atom stereocenters. The number of carboxylic acid groups (broad SMARTS) is 1. The topological polar surface area (TPSA) is 53.1 Å². The zero-order valence-electron chi connectivity index (χ0n) is 9.55. The molecule has 0 aliphatic carbocycles. The lowest BCUT2D eigenvalue weighted by Crippen LogP contribution is -1.98. The second kappa shape index (κ2) is 4.04. The van der Waals surface area contributed by atoms with Crippen molar-refractivity contribution in [3.05, 3.63) is 60.3 Å². The summed E-state index contributed by atoms with van der Waals surface area (Å²) in [5.41, 5.74) is 3.03. The average molecular weight is 237 g/mol. The number of hydrogen-bond acceptors (Lipinski definition) is 1. The quantitative estimate of drug-likeness (QED) is 0.716. The number of hydrogen-bond donors (Lipinski definition) is 2. The maximum absolute atomic E-state index is 11.2. The molecule has 1 heterocycles. The highest BCUT2D eigenvalue weighted by molar-refractivity contribution is 5.97. The van der Waals surface area contributed by atoms with Crippen molar-refractivity contribution >= 4 is 16.9 Å². The summed E-state index contributed by atoms with van der Waals surface area (Å²) >= 11 is 0. The Labute approximate surface area is 104 Å². The molecular formula is C15H11NO2. The fraction of sp³-hybridized carbons (Fsp3) is 0. The number of aromatic nitrogens is 1. The standard InChI is InChI=1S/C15H11NO2/c17-15(18)13-4-2-1-3-12(13)10-5-6-14-11(9-10)7-8-16-14/h1-9,16H,(H,17,18). The first kappa shape index (κ1) is 10.6. The number of H-pyrrole nitrogens is 1. The van der Waals surface area contributed by atoms with Crippen LogP contribution in [0.2, 0.25) is 0 Å². The fourth-order valence-corrected chi connectivity index (χ4v) is 2.14. The van der Waals surface area contributed by atoms with E-state index in [4.69, 9.17) is 0 Å². The van der Waals surface area contributed by atoms with Crippen LogP contribution in [0.15, 0.2) is 54.7 Å². The molecular weight excluding hydrogens is 226 g/mol. The molecule has 1 aromatic heterocycles. The van der Waals surface area contributed by atoms with E-state index in [0.29, 0.717) is 5.56 Å². The van der Waals surface area contributed by atoms with Gasteiger partial charge in [0, 0.05) is 11.7 Å². The number of carbonyl (C=O) groups is 1. The van der Waals surface area contributed by atoms with E-state index in [1.807, 2.05) is 42.6 Å². The molecule has 0 bridgehead atoms. The van der Waals surface area contributed by atoms with Crippen LogP contribution in [0.4, 0.5) is 0 Å². The van der Waals surface area contributed by atoms with Crippen molar-refractivity contribution in [3.63, 3.8) is 0 Å². The number of fused-ring (bicyclic) bond motifs is 1. The molecule has 3 rings (SSSR count). The Morgan fingerprint density at radius 1 is 1.06 bits per heavy atom. The molecule has 3 nitrogen and oxygen atoms in total. The van der Waals surface area contributed by atoms with Gasteiger partial charge in [-0.25, -0.2) is 4.79 Å². The Bertz CT molecular complexity index is 728. The first-order valence-electron chi connectivity index (χ1n) is 5.65. The predicted octanol–water partition coefficient (Wildman–Crippen LogP) is 3.53. The molecule has 88 valence electrons. The molecule has 0 saturated heterocycles. The molecule has 2 aromatic carbocycles. The summed E-state index contributed by atoms with van der Waals surface area (Å²) in [6, 6.07) is 14.9. The van der Waals surface area contributed by atoms with Gasteiger partial charge in [-0.1, -0.05) is 24.3 Å². The van der Waals surface area contributed by atoms with Gasteiger partial charge in [-0.05, 0) is 40.8 Å².